The van der Waals surface area contributed by atoms with Crippen LogP contribution in [0.2, 0.25) is 0 Å². The minimum absolute atomic E-state index is 0.605. The minimum Gasteiger partial charge on any atom is -0.320 e. The Morgan fingerprint density at radius 2 is 1.74 bits per heavy atom. The molecule has 1 saturated carbocycles. The highest BCUT2D eigenvalue weighted by molar-refractivity contribution is 9.10. The maximum Gasteiger partial charge on any atom is 0.0175 e. The van der Waals surface area contributed by atoms with Gasteiger partial charge < -0.3 is 5.32 Å². The van der Waals surface area contributed by atoms with Crippen LogP contribution >= 0.6 is 15.9 Å². The summed E-state index contributed by atoms with van der Waals surface area (Å²) in [6.45, 7) is 1.17. The van der Waals surface area contributed by atoms with Crippen molar-refractivity contribution in [2.75, 3.05) is 13.6 Å². The molecule has 19 heavy (non-hydrogen) atoms. The summed E-state index contributed by atoms with van der Waals surface area (Å²) in [6.07, 6.45) is 11.1. The zero-order chi connectivity index (χ0) is 13.6. The largest absolute Gasteiger partial charge is 0.320 e. The Morgan fingerprint density at radius 1 is 1.05 bits per heavy atom. The molecule has 0 aromatic heterocycles. The Kier molecular flexibility index (Phi) is 5.90. The zero-order valence-corrected chi connectivity index (χ0v) is 13.6. The lowest BCUT2D eigenvalue weighted by atomic mass is 9.68. The molecule has 2 heteroatoms. The first-order valence-corrected chi connectivity index (χ1v) is 8.42. The van der Waals surface area contributed by atoms with Crippen LogP contribution in [0.3, 0.4) is 0 Å². The highest BCUT2D eigenvalue weighted by Gasteiger charge is 2.30. The van der Waals surface area contributed by atoms with Gasteiger partial charge in [0.05, 0.1) is 0 Å². The van der Waals surface area contributed by atoms with E-state index in [0.717, 1.165) is 0 Å². The molecule has 2 rings (SSSR count). The Morgan fingerprint density at radius 3 is 2.37 bits per heavy atom. The molecule has 0 amide bonds. The second-order valence-electron chi connectivity index (χ2n) is 6.04. The van der Waals surface area contributed by atoms with Gasteiger partial charge in [-0.05, 0) is 68.8 Å². The number of nitrogens with one attached hydrogen (secondary N) is 1. The van der Waals surface area contributed by atoms with Crippen molar-refractivity contribution in [3.8, 4) is 0 Å². The molecule has 0 unspecified atom stereocenters. The van der Waals surface area contributed by atoms with E-state index in [9.17, 15) is 0 Å². The van der Waals surface area contributed by atoms with Gasteiger partial charge in [0.15, 0.2) is 0 Å². The van der Waals surface area contributed by atoms with E-state index in [0.29, 0.717) is 5.41 Å². The lowest BCUT2D eigenvalue weighted by Crippen LogP contribution is -2.28. The van der Waals surface area contributed by atoms with Crippen LogP contribution in [0, 0.1) is 5.41 Å². The molecule has 0 saturated heterocycles. The maximum atomic E-state index is 3.51. The monoisotopic (exact) mass is 323 g/mol. The van der Waals surface area contributed by atoms with E-state index in [2.05, 4.69) is 52.6 Å². The van der Waals surface area contributed by atoms with Gasteiger partial charge in [0.2, 0.25) is 0 Å². The van der Waals surface area contributed by atoms with E-state index in [1.54, 1.807) is 0 Å². The van der Waals surface area contributed by atoms with Gasteiger partial charge in [0.1, 0.15) is 0 Å². The van der Waals surface area contributed by atoms with Crippen LogP contribution in [-0.4, -0.2) is 13.6 Å². The SMILES string of the molecule is CNCCC1(CCc2ccc(Br)cc2)CCCCC1. The van der Waals surface area contributed by atoms with E-state index < -0.39 is 0 Å². The maximum absolute atomic E-state index is 3.51. The van der Waals surface area contributed by atoms with Gasteiger partial charge in [-0.15, -0.1) is 0 Å². The fourth-order valence-electron chi connectivity index (χ4n) is 3.38. The zero-order valence-electron chi connectivity index (χ0n) is 12.1. The van der Waals surface area contributed by atoms with Gasteiger partial charge >= 0.3 is 0 Å². The molecular formula is C17H26BrN. The summed E-state index contributed by atoms with van der Waals surface area (Å²) < 4.78 is 1.18. The molecule has 1 aromatic rings. The second kappa shape index (κ2) is 7.44. The van der Waals surface area contributed by atoms with Crippen LogP contribution in [-0.2, 0) is 6.42 Å². The Hall–Kier alpha value is -0.340. The Balaban J connectivity index is 1.93. The van der Waals surface area contributed by atoms with E-state index in [1.807, 2.05) is 0 Å². The lowest BCUT2D eigenvalue weighted by molar-refractivity contribution is 0.157. The van der Waals surface area contributed by atoms with Gasteiger partial charge in [-0.25, -0.2) is 0 Å². The minimum atomic E-state index is 0.605. The van der Waals surface area contributed by atoms with Crippen molar-refractivity contribution in [3.05, 3.63) is 34.3 Å². The van der Waals surface area contributed by atoms with Crippen molar-refractivity contribution < 1.29 is 0 Å². The molecule has 1 nitrogen and oxygen atoms in total. The average Bonchev–Trinajstić information content (AvgIpc) is 2.46. The standard InChI is InChI=1S/C17H26BrN/c1-19-14-13-17(10-3-2-4-11-17)12-9-15-5-7-16(18)8-6-15/h5-8,19H,2-4,9-14H2,1H3. The predicted molar refractivity (Wildman–Crippen MR) is 86.5 cm³/mol. The number of halogens is 1. The molecule has 0 bridgehead atoms. The number of benzene rings is 1. The number of aryl methyl sites for hydroxylation is 1. The normalized spacial score (nSPS) is 18.4. The first kappa shape index (κ1) is 15.1. The lowest BCUT2D eigenvalue weighted by Gasteiger charge is -2.38. The third-order valence-corrected chi connectivity index (χ3v) is 5.21. The Labute approximate surface area is 126 Å². The quantitative estimate of drug-likeness (QED) is 0.781. The number of hydrogen-bond acceptors (Lipinski definition) is 1. The average molecular weight is 324 g/mol. The topological polar surface area (TPSA) is 12.0 Å². The van der Waals surface area contributed by atoms with Gasteiger partial charge in [-0.2, -0.15) is 0 Å². The highest BCUT2D eigenvalue weighted by Crippen LogP contribution is 2.42. The van der Waals surface area contributed by atoms with E-state index in [1.165, 1.54) is 67.9 Å². The summed E-state index contributed by atoms with van der Waals surface area (Å²) in [6, 6.07) is 8.85. The summed E-state index contributed by atoms with van der Waals surface area (Å²) in [5, 5.41) is 3.34. The predicted octanol–water partition coefficient (Wildman–Crippen LogP) is 4.94. The summed E-state index contributed by atoms with van der Waals surface area (Å²) in [7, 11) is 2.07. The molecule has 0 aliphatic heterocycles. The third kappa shape index (κ3) is 4.61. The van der Waals surface area contributed by atoms with Gasteiger partial charge in [-0.1, -0.05) is 47.3 Å². The molecule has 0 heterocycles. The highest BCUT2D eigenvalue weighted by atomic mass is 79.9. The molecule has 1 aliphatic carbocycles. The van der Waals surface area contributed by atoms with Crippen LogP contribution in [0.25, 0.3) is 0 Å². The summed E-state index contributed by atoms with van der Waals surface area (Å²) in [5.74, 6) is 0. The smallest absolute Gasteiger partial charge is 0.0175 e. The first-order chi connectivity index (χ1) is 9.24. The first-order valence-electron chi connectivity index (χ1n) is 7.63. The summed E-state index contributed by atoms with van der Waals surface area (Å²) >= 11 is 3.51. The molecular weight excluding hydrogens is 298 g/mol. The van der Waals surface area contributed by atoms with Crippen molar-refractivity contribution in [3.63, 3.8) is 0 Å². The van der Waals surface area contributed by atoms with E-state index >= 15 is 0 Å². The van der Waals surface area contributed by atoms with Crippen LogP contribution in [0.15, 0.2) is 28.7 Å². The van der Waals surface area contributed by atoms with Crippen molar-refractivity contribution in [1.82, 2.24) is 5.32 Å². The third-order valence-electron chi connectivity index (χ3n) is 4.68. The van der Waals surface area contributed by atoms with Crippen LogP contribution in [0.5, 0.6) is 0 Å². The molecule has 0 radical (unpaired) electrons. The van der Waals surface area contributed by atoms with Gasteiger partial charge in [0.25, 0.3) is 0 Å². The van der Waals surface area contributed by atoms with Gasteiger partial charge in [0, 0.05) is 4.47 Å². The van der Waals surface area contributed by atoms with E-state index in [4.69, 9.17) is 0 Å². The molecule has 1 aromatic carbocycles. The van der Waals surface area contributed by atoms with Crippen LogP contribution < -0.4 is 5.32 Å². The summed E-state index contributed by atoms with van der Waals surface area (Å²) in [4.78, 5) is 0. The van der Waals surface area contributed by atoms with E-state index in [-0.39, 0.29) is 0 Å². The molecule has 106 valence electrons. The van der Waals surface area contributed by atoms with Crippen molar-refractivity contribution in [2.45, 2.75) is 51.4 Å². The Bertz CT molecular complexity index is 365. The second-order valence-corrected chi connectivity index (χ2v) is 6.96. The number of rotatable bonds is 6. The van der Waals surface area contributed by atoms with Crippen molar-refractivity contribution >= 4 is 15.9 Å². The molecule has 0 atom stereocenters. The van der Waals surface area contributed by atoms with Crippen LogP contribution in [0.4, 0.5) is 0 Å². The van der Waals surface area contributed by atoms with Crippen molar-refractivity contribution in [1.29, 1.82) is 0 Å². The van der Waals surface area contributed by atoms with Crippen LogP contribution in [0.1, 0.15) is 50.5 Å². The molecule has 1 fully saturated rings. The fourth-order valence-corrected chi connectivity index (χ4v) is 3.64. The number of hydrogen-bond donors (Lipinski definition) is 1. The summed E-state index contributed by atoms with van der Waals surface area (Å²) in [5.41, 5.74) is 2.09. The fraction of sp³-hybridized carbons (Fsp3) is 0.647. The van der Waals surface area contributed by atoms with Gasteiger partial charge in [-0.3, -0.25) is 0 Å². The molecule has 0 spiro atoms. The molecule has 1 aliphatic rings. The van der Waals surface area contributed by atoms with Crippen molar-refractivity contribution in [2.24, 2.45) is 5.41 Å². The molecule has 1 N–H and O–H groups in total.